The van der Waals surface area contributed by atoms with E-state index >= 15 is 0 Å². The number of esters is 1. The van der Waals surface area contributed by atoms with Crippen molar-refractivity contribution in [3.63, 3.8) is 0 Å². The molecule has 1 fully saturated rings. The third-order valence-electron chi connectivity index (χ3n) is 4.22. The summed E-state index contributed by atoms with van der Waals surface area (Å²) < 4.78 is 39.9. The van der Waals surface area contributed by atoms with Crippen LogP contribution in [-0.4, -0.2) is 50.2 Å². The van der Waals surface area contributed by atoms with Crippen molar-refractivity contribution in [2.45, 2.75) is 32.8 Å². The summed E-state index contributed by atoms with van der Waals surface area (Å²) in [5.41, 5.74) is 0.296. The Morgan fingerprint density at radius 2 is 2.07 bits per heavy atom. The largest absolute Gasteiger partial charge is 0.493 e. The van der Waals surface area contributed by atoms with Gasteiger partial charge >= 0.3 is 12.6 Å². The average molecular weight is 397 g/mol. The van der Waals surface area contributed by atoms with Gasteiger partial charge in [-0.05, 0) is 37.8 Å². The Kier molecular flexibility index (Phi) is 8.22. The second-order valence-electron chi connectivity index (χ2n) is 6.37. The van der Waals surface area contributed by atoms with Crippen LogP contribution in [0.1, 0.15) is 31.7 Å². The van der Waals surface area contributed by atoms with E-state index in [1.165, 1.54) is 25.3 Å². The first-order valence-electron chi connectivity index (χ1n) is 9.19. The van der Waals surface area contributed by atoms with Crippen molar-refractivity contribution in [2.24, 2.45) is 5.92 Å². The lowest BCUT2D eigenvalue weighted by atomic mass is 10.1. The Hall–Kier alpha value is -2.64. The Morgan fingerprint density at radius 3 is 2.68 bits per heavy atom. The van der Waals surface area contributed by atoms with Gasteiger partial charge in [-0.1, -0.05) is 12.1 Å². The molecule has 0 N–H and O–H groups in total. The third-order valence-corrected chi connectivity index (χ3v) is 4.22. The van der Waals surface area contributed by atoms with Gasteiger partial charge in [0, 0.05) is 24.7 Å². The highest BCUT2D eigenvalue weighted by Gasteiger charge is 2.26. The minimum atomic E-state index is -3.02. The van der Waals surface area contributed by atoms with Crippen molar-refractivity contribution in [1.82, 2.24) is 4.90 Å². The number of hydrogen-bond acceptors (Lipinski definition) is 5. The molecule has 6 nitrogen and oxygen atoms in total. The first-order valence-corrected chi connectivity index (χ1v) is 9.19. The number of para-hydroxylation sites is 1. The number of amides is 1. The van der Waals surface area contributed by atoms with Gasteiger partial charge in [0.05, 0.1) is 20.1 Å². The van der Waals surface area contributed by atoms with E-state index in [1.54, 1.807) is 24.0 Å². The minimum Gasteiger partial charge on any atom is -0.493 e. The molecule has 0 radical (unpaired) electrons. The predicted molar refractivity (Wildman–Crippen MR) is 99.2 cm³/mol. The zero-order valence-electron chi connectivity index (χ0n) is 16.0. The normalized spacial score (nSPS) is 13.6. The van der Waals surface area contributed by atoms with Crippen LogP contribution in [0.2, 0.25) is 0 Å². The van der Waals surface area contributed by atoms with Gasteiger partial charge in [0.15, 0.2) is 11.5 Å². The smallest absolute Gasteiger partial charge is 0.387 e. The molecular formula is C20H25F2NO5. The number of ether oxygens (including phenoxy) is 3. The molecule has 0 bridgehead atoms. The first kappa shape index (κ1) is 21.7. The van der Waals surface area contributed by atoms with E-state index in [2.05, 4.69) is 4.74 Å². The Morgan fingerprint density at radius 1 is 1.32 bits per heavy atom. The molecule has 28 heavy (non-hydrogen) atoms. The summed E-state index contributed by atoms with van der Waals surface area (Å²) in [7, 11) is 1.35. The molecule has 0 spiro atoms. The summed E-state index contributed by atoms with van der Waals surface area (Å²) in [5, 5.41) is 0. The van der Waals surface area contributed by atoms with E-state index in [1.807, 2.05) is 0 Å². The van der Waals surface area contributed by atoms with Crippen LogP contribution in [0.5, 0.6) is 11.5 Å². The van der Waals surface area contributed by atoms with Gasteiger partial charge in [0.1, 0.15) is 0 Å². The van der Waals surface area contributed by atoms with Crippen LogP contribution in [0.25, 0.3) is 6.08 Å². The summed E-state index contributed by atoms with van der Waals surface area (Å²) in [6.07, 6.45) is 4.91. The SMILES string of the molecule is CCOC(=O)CCN(CC1CC1)C(=O)/C=C/c1cccc(OC)c1OC(F)F. The summed E-state index contributed by atoms with van der Waals surface area (Å²) in [4.78, 5) is 25.8. The van der Waals surface area contributed by atoms with Gasteiger partial charge in [0.25, 0.3) is 0 Å². The Labute approximate surface area is 163 Å². The van der Waals surface area contributed by atoms with Gasteiger partial charge in [0.2, 0.25) is 5.91 Å². The minimum absolute atomic E-state index is 0.110. The molecule has 0 unspecified atom stereocenters. The number of halogens is 2. The highest BCUT2D eigenvalue weighted by molar-refractivity contribution is 5.92. The lowest BCUT2D eigenvalue weighted by Crippen LogP contribution is -2.33. The third kappa shape index (κ3) is 6.83. The molecule has 154 valence electrons. The molecule has 0 aromatic heterocycles. The number of benzene rings is 1. The molecule has 0 atom stereocenters. The summed E-state index contributed by atoms with van der Waals surface area (Å²) >= 11 is 0. The topological polar surface area (TPSA) is 65.1 Å². The molecule has 0 heterocycles. The lowest BCUT2D eigenvalue weighted by molar-refractivity contribution is -0.143. The number of methoxy groups -OCH3 is 1. The second-order valence-corrected chi connectivity index (χ2v) is 6.37. The summed E-state index contributed by atoms with van der Waals surface area (Å²) in [6.45, 7) is -0.202. The molecule has 2 rings (SSSR count). The van der Waals surface area contributed by atoms with Crippen molar-refractivity contribution in [2.75, 3.05) is 26.8 Å². The lowest BCUT2D eigenvalue weighted by Gasteiger charge is -2.20. The van der Waals surface area contributed by atoms with Gasteiger partial charge in [-0.3, -0.25) is 9.59 Å². The van der Waals surface area contributed by atoms with Crippen LogP contribution in [0.3, 0.4) is 0 Å². The van der Waals surface area contributed by atoms with Gasteiger partial charge in [-0.15, -0.1) is 0 Å². The van der Waals surface area contributed by atoms with Gasteiger partial charge < -0.3 is 19.1 Å². The zero-order valence-corrected chi connectivity index (χ0v) is 16.0. The fraction of sp³-hybridized carbons (Fsp3) is 0.500. The quantitative estimate of drug-likeness (QED) is 0.422. The van der Waals surface area contributed by atoms with E-state index < -0.39 is 6.61 Å². The van der Waals surface area contributed by atoms with Crippen LogP contribution >= 0.6 is 0 Å². The van der Waals surface area contributed by atoms with E-state index in [0.29, 0.717) is 18.0 Å². The van der Waals surface area contributed by atoms with Crippen molar-refractivity contribution >= 4 is 18.0 Å². The fourth-order valence-corrected chi connectivity index (χ4v) is 2.67. The molecule has 1 aromatic carbocycles. The van der Waals surface area contributed by atoms with E-state index in [9.17, 15) is 18.4 Å². The molecule has 1 aromatic rings. The molecule has 0 saturated heterocycles. The molecule has 1 amide bonds. The van der Waals surface area contributed by atoms with Crippen molar-refractivity contribution in [1.29, 1.82) is 0 Å². The maximum Gasteiger partial charge on any atom is 0.387 e. The average Bonchev–Trinajstić information content (AvgIpc) is 3.47. The number of nitrogens with zero attached hydrogens (tertiary/aromatic N) is 1. The molecule has 8 heteroatoms. The maximum absolute atomic E-state index is 12.7. The van der Waals surface area contributed by atoms with Crippen LogP contribution < -0.4 is 9.47 Å². The van der Waals surface area contributed by atoms with Crippen molar-refractivity contribution < 1.29 is 32.6 Å². The van der Waals surface area contributed by atoms with Crippen LogP contribution in [-0.2, 0) is 14.3 Å². The zero-order chi connectivity index (χ0) is 20.5. The summed E-state index contributed by atoms with van der Waals surface area (Å²) in [6, 6.07) is 4.66. The molecule has 1 aliphatic carbocycles. The van der Waals surface area contributed by atoms with Gasteiger partial charge in [-0.2, -0.15) is 8.78 Å². The number of hydrogen-bond donors (Lipinski definition) is 0. The van der Waals surface area contributed by atoms with Crippen LogP contribution in [0.4, 0.5) is 8.78 Å². The van der Waals surface area contributed by atoms with Gasteiger partial charge in [-0.25, -0.2) is 0 Å². The molecular weight excluding hydrogens is 372 g/mol. The number of carbonyl (C=O) groups is 2. The number of carbonyl (C=O) groups excluding carboxylic acids is 2. The Balaban J connectivity index is 2.10. The second kappa shape index (κ2) is 10.6. The van der Waals surface area contributed by atoms with E-state index in [0.717, 1.165) is 12.8 Å². The molecule has 1 aliphatic rings. The van der Waals surface area contributed by atoms with E-state index in [-0.39, 0.29) is 42.9 Å². The molecule has 1 saturated carbocycles. The van der Waals surface area contributed by atoms with Crippen LogP contribution in [0.15, 0.2) is 24.3 Å². The van der Waals surface area contributed by atoms with Crippen LogP contribution in [0, 0.1) is 5.92 Å². The number of rotatable bonds is 11. The first-order chi connectivity index (χ1) is 13.4. The van der Waals surface area contributed by atoms with E-state index in [4.69, 9.17) is 9.47 Å². The van der Waals surface area contributed by atoms with Crippen molar-refractivity contribution in [3.05, 3.63) is 29.8 Å². The maximum atomic E-state index is 12.7. The van der Waals surface area contributed by atoms with Crippen molar-refractivity contribution in [3.8, 4) is 11.5 Å². The Bertz CT molecular complexity index is 704. The monoisotopic (exact) mass is 397 g/mol. The highest BCUT2D eigenvalue weighted by atomic mass is 19.3. The highest BCUT2D eigenvalue weighted by Crippen LogP contribution is 2.33. The fourth-order valence-electron chi connectivity index (χ4n) is 2.67. The predicted octanol–water partition coefficient (Wildman–Crippen LogP) is 3.50. The standard InChI is InChI=1S/C20H25F2NO5/c1-3-27-18(25)11-12-23(13-14-7-8-14)17(24)10-9-15-5-4-6-16(26-2)19(15)28-20(21)22/h4-6,9-10,14,20H,3,7-8,11-13H2,1-2H3/b10-9+. The number of alkyl halides is 2. The molecule has 0 aliphatic heterocycles. The summed E-state index contributed by atoms with van der Waals surface area (Å²) in [5.74, 6) is -0.215.